The van der Waals surface area contributed by atoms with Gasteiger partial charge in [0.25, 0.3) is 5.91 Å². The lowest BCUT2D eigenvalue weighted by Gasteiger charge is -2.27. The van der Waals surface area contributed by atoms with Crippen LogP contribution in [0.4, 0.5) is 5.69 Å². The topological polar surface area (TPSA) is 85.0 Å². The number of hydrogen-bond acceptors (Lipinski definition) is 5. The molecule has 98 valence electrons. The number of benzene rings is 1. The Balaban J connectivity index is 2.18. The highest BCUT2D eigenvalue weighted by atomic mass is 16.5. The van der Waals surface area contributed by atoms with E-state index < -0.39 is 11.9 Å². The number of nitrogens with zero attached hydrogens (tertiary/aromatic N) is 1. The van der Waals surface area contributed by atoms with Gasteiger partial charge in [0.05, 0.1) is 18.3 Å². The van der Waals surface area contributed by atoms with E-state index in [4.69, 9.17) is 15.2 Å². The van der Waals surface area contributed by atoms with Crippen molar-refractivity contribution in [1.29, 1.82) is 0 Å². The van der Waals surface area contributed by atoms with Crippen LogP contribution in [0.2, 0.25) is 0 Å². The smallest absolute Gasteiger partial charge is 0.267 e. The van der Waals surface area contributed by atoms with Gasteiger partial charge in [0, 0.05) is 13.2 Å². The van der Waals surface area contributed by atoms with Crippen LogP contribution in [0.1, 0.15) is 5.56 Å². The number of fused-ring (bicyclic) bond motifs is 1. The summed E-state index contributed by atoms with van der Waals surface area (Å²) in [7, 11) is 1.59. The van der Waals surface area contributed by atoms with Gasteiger partial charge >= 0.3 is 0 Å². The Hall–Kier alpha value is -1.63. The molecule has 0 fully saturated rings. The molecule has 0 spiro atoms. The second-order valence-electron chi connectivity index (χ2n) is 4.09. The average Bonchev–Trinajstić information content (AvgIpc) is 2.37. The fraction of sp³-hybridized carbons (Fsp3) is 0.417. The first kappa shape index (κ1) is 12.8. The standard InChI is InChI=1S/C12H16N2O4/c1-17-4-5-18-9-3-2-8-6-10(13)12(15)14(16)11(8)7-9/h2-3,7,10,16H,4-6,13H2,1H3. The molecule has 1 aliphatic heterocycles. The number of anilines is 1. The van der Waals surface area contributed by atoms with Crippen LogP contribution in [0.5, 0.6) is 5.75 Å². The van der Waals surface area contributed by atoms with Gasteiger partial charge in [-0.1, -0.05) is 6.07 Å². The van der Waals surface area contributed by atoms with Crippen LogP contribution in [-0.2, 0) is 16.0 Å². The SMILES string of the molecule is COCCOc1ccc2c(c1)N(O)C(=O)C(N)C2. The minimum absolute atomic E-state index is 0.411. The molecular weight excluding hydrogens is 236 g/mol. The summed E-state index contributed by atoms with van der Waals surface area (Å²) in [5.41, 5.74) is 6.87. The van der Waals surface area contributed by atoms with Gasteiger partial charge in [-0.15, -0.1) is 0 Å². The zero-order valence-electron chi connectivity index (χ0n) is 10.1. The molecule has 1 atom stereocenters. The van der Waals surface area contributed by atoms with Crippen LogP contribution in [0.3, 0.4) is 0 Å². The van der Waals surface area contributed by atoms with Crippen molar-refractivity contribution in [1.82, 2.24) is 0 Å². The number of hydrogen-bond donors (Lipinski definition) is 2. The van der Waals surface area contributed by atoms with E-state index in [0.29, 0.717) is 36.1 Å². The molecule has 0 bridgehead atoms. The largest absolute Gasteiger partial charge is 0.491 e. The van der Waals surface area contributed by atoms with E-state index in [0.717, 1.165) is 5.56 Å². The second kappa shape index (κ2) is 5.34. The van der Waals surface area contributed by atoms with E-state index >= 15 is 0 Å². The van der Waals surface area contributed by atoms with Crippen LogP contribution in [0.25, 0.3) is 0 Å². The van der Waals surface area contributed by atoms with Crippen molar-refractivity contribution in [3.63, 3.8) is 0 Å². The van der Waals surface area contributed by atoms with Gasteiger partial charge in [-0.05, 0) is 18.1 Å². The lowest BCUT2D eigenvalue weighted by molar-refractivity contribution is -0.125. The Kier molecular flexibility index (Phi) is 3.81. The molecular formula is C12H16N2O4. The Labute approximate surface area is 105 Å². The Morgan fingerprint density at radius 3 is 3.00 bits per heavy atom. The van der Waals surface area contributed by atoms with E-state index in [1.165, 1.54) is 0 Å². The van der Waals surface area contributed by atoms with Crippen molar-refractivity contribution >= 4 is 11.6 Å². The van der Waals surface area contributed by atoms with Crippen LogP contribution in [-0.4, -0.2) is 37.5 Å². The molecule has 0 aliphatic carbocycles. The molecule has 6 nitrogen and oxygen atoms in total. The number of amides is 1. The van der Waals surface area contributed by atoms with Crippen molar-refractivity contribution in [3.8, 4) is 5.75 Å². The number of carbonyl (C=O) groups excluding carboxylic acids is 1. The van der Waals surface area contributed by atoms with Crippen molar-refractivity contribution in [2.45, 2.75) is 12.5 Å². The summed E-state index contributed by atoms with van der Waals surface area (Å²) >= 11 is 0. The molecule has 1 unspecified atom stereocenters. The predicted octanol–water partition coefficient (Wildman–Crippen LogP) is 0.317. The predicted molar refractivity (Wildman–Crippen MR) is 64.8 cm³/mol. The molecule has 0 saturated carbocycles. The first-order valence-electron chi connectivity index (χ1n) is 5.66. The summed E-state index contributed by atoms with van der Waals surface area (Å²) in [6.45, 7) is 0.887. The van der Waals surface area contributed by atoms with Gasteiger partial charge < -0.3 is 15.2 Å². The first-order chi connectivity index (χ1) is 8.63. The molecule has 2 rings (SSSR count). The van der Waals surface area contributed by atoms with E-state index in [-0.39, 0.29) is 0 Å². The molecule has 0 saturated heterocycles. The quantitative estimate of drug-likeness (QED) is 0.595. The molecule has 3 N–H and O–H groups in total. The fourth-order valence-electron chi connectivity index (χ4n) is 1.85. The molecule has 1 heterocycles. The summed E-state index contributed by atoms with van der Waals surface area (Å²) in [5, 5.41) is 10.3. The molecule has 6 heteroatoms. The monoisotopic (exact) mass is 252 g/mol. The van der Waals surface area contributed by atoms with Crippen molar-refractivity contribution in [2.24, 2.45) is 5.73 Å². The van der Waals surface area contributed by atoms with Crippen LogP contribution in [0.15, 0.2) is 18.2 Å². The van der Waals surface area contributed by atoms with Gasteiger partial charge in [0.2, 0.25) is 0 Å². The Morgan fingerprint density at radius 2 is 2.28 bits per heavy atom. The third-order valence-corrected chi connectivity index (χ3v) is 2.81. The van der Waals surface area contributed by atoms with Gasteiger partial charge in [-0.3, -0.25) is 10.0 Å². The highest BCUT2D eigenvalue weighted by molar-refractivity contribution is 5.98. The van der Waals surface area contributed by atoms with Crippen LogP contribution < -0.4 is 15.5 Å². The van der Waals surface area contributed by atoms with Gasteiger partial charge in [-0.25, -0.2) is 0 Å². The summed E-state index contributed by atoms with van der Waals surface area (Å²) in [5.74, 6) is 0.0738. The Bertz CT molecular complexity index is 450. The van der Waals surface area contributed by atoms with Gasteiger partial charge in [0.15, 0.2) is 0 Å². The molecule has 1 aromatic carbocycles. The normalized spacial score (nSPS) is 18.7. The number of ether oxygens (including phenoxy) is 2. The molecule has 0 aromatic heterocycles. The van der Waals surface area contributed by atoms with E-state index in [1.54, 1.807) is 25.3 Å². The maximum absolute atomic E-state index is 11.5. The maximum atomic E-state index is 11.5. The minimum Gasteiger partial charge on any atom is -0.491 e. The van der Waals surface area contributed by atoms with Crippen molar-refractivity contribution in [3.05, 3.63) is 23.8 Å². The number of methoxy groups -OCH3 is 1. The molecule has 0 radical (unpaired) electrons. The van der Waals surface area contributed by atoms with Crippen LogP contribution >= 0.6 is 0 Å². The first-order valence-corrected chi connectivity index (χ1v) is 5.66. The molecule has 1 amide bonds. The van der Waals surface area contributed by atoms with E-state index in [9.17, 15) is 10.0 Å². The molecule has 18 heavy (non-hydrogen) atoms. The second-order valence-corrected chi connectivity index (χ2v) is 4.09. The van der Waals surface area contributed by atoms with E-state index in [1.807, 2.05) is 0 Å². The molecule has 1 aliphatic rings. The Morgan fingerprint density at radius 1 is 1.50 bits per heavy atom. The number of rotatable bonds is 4. The zero-order chi connectivity index (χ0) is 13.1. The van der Waals surface area contributed by atoms with Gasteiger partial charge in [-0.2, -0.15) is 5.06 Å². The minimum atomic E-state index is -0.692. The number of carbonyl (C=O) groups is 1. The average molecular weight is 252 g/mol. The van der Waals surface area contributed by atoms with Crippen LogP contribution in [0, 0.1) is 0 Å². The van der Waals surface area contributed by atoms with Crippen molar-refractivity contribution < 1.29 is 19.5 Å². The third-order valence-electron chi connectivity index (χ3n) is 2.81. The molecule has 1 aromatic rings. The lowest BCUT2D eigenvalue weighted by Crippen LogP contribution is -2.47. The highest BCUT2D eigenvalue weighted by Crippen LogP contribution is 2.30. The zero-order valence-corrected chi connectivity index (χ0v) is 10.1. The third kappa shape index (κ3) is 2.45. The van der Waals surface area contributed by atoms with Gasteiger partial charge in [0.1, 0.15) is 12.4 Å². The van der Waals surface area contributed by atoms with Crippen molar-refractivity contribution in [2.75, 3.05) is 25.4 Å². The number of nitrogens with two attached hydrogens (primary N) is 1. The summed E-state index contributed by atoms with van der Waals surface area (Å²) in [6.07, 6.45) is 0.420. The van der Waals surface area contributed by atoms with E-state index in [2.05, 4.69) is 0 Å². The fourth-order valence-corrected chi connectivity index (χ4v) is 1.85. The summed E-state index contributed by atoms with van der Waals surface area (Å²) in [6, 6.07) is 4.51. The highest BCUT2D eigenvalue weighted by Gasteiger charge is 2.29. The summed E-state index contributed by atoms with van der Waals surface area (Å²) < 4.78 is 10.3. The maximum Gasteiger partial charge on any atom is 0.267 e. The number of hydroxylamine groups is 1. The summed E-state index contributed by atoms with van der Waals surface area (Å²) in [4.78, 5) is 11.5. The lowest BCUT2D eigenvalue weighted by atomic mass is 9.99.